The largest absolute Gasteiger partial charge is 0.481 e. The molecule has 1 aliphatic heterocycles. The maximum Gasteiger partial charge on any atom is 0.309 e. The van der Waals surface area contributed by atoms with E-state index in [0.717, 1.165) is 6.42 Å². The molecule has 1 saturated heterocycles. The third-order valence-corrected chi connectivity index (χ3v) is 3.24. The highest BCUT2D eigenvalue weighted by atomic mass is 16.5. The van der Waals surface area contributed by atoms with Crippen molar-refractivity contribution in [3.63, 3.8) is 0 Å². The van der Waals surface area contributed by atoms with Crippen molar-refractivity contribution >= 4 is 5.97 Å². The molecule has 72 valence electrons. The van der Waals surface area contributed by atoms with Gasteiger partial charge in [0.2, 0.25) is 0 Å². The molecular formula is C10H14O3. The molecule has 3 unspecified atom stereocenters. The molecule has 2 aliphatic rings. The monoisotopic (exact) mass is 182 g/mol. The standard InChI is InChI=1S/C10H14O3/c1-6-2-3-7-8(6)4-13-5-9(7)10(11)12/h2,7-9H,3-5H2,1H3,(H,11,12). The average Bonchev–Trinajstić information content (AvgIpc) is 2.48. The summed E-state index contributed by atoms with van der Waals surface area (Å²) in [6.45, 7) is 3.16. The van der Waals surface area contributed by atoms with Crippen LogP contribution in [0.3, 0.4) is 0 Å². The lowest BCUT2D eigenvalue weighted by atomic mass is 9.80. The van der Waals surface area contributed by atoms with Crippen molar-refractivity contribution in [2.24, 2.45) is 17.8 Å². The lowest BCUT2D eigenvalue weighted by Gasteiger charge is -2.32. The number of hydrogen-bond donors (Lipinski definition) is 1. The number of allylic oxidation sites excluding steroid dienone is 1. The highest BCUT2D eigenvalue weighted by Crippen LogP contribution is 2.40. The van der Waals surface area contributed by atoms with Crippen molar-refractivity contribution in [3.05, 3.63) is 11.6 Å². The van der Waals surface area contributed by atoms with Gasteiger partial charge in [-0.2, -0.15) is 0 Å². The molecule has 2 rings (SSSR count). The Hall–Kier alpha value is -0.830. The van der Waals surface area contributed by atoms with Crippen LogP contribution in [0.15, 0.2) is 11.6 Å². The lowest BCUT2D eigenvalue weighted by molar-refractivity contribution is -0.151. The summed E-state index contributed by atoms with van der Waals surface area (Å²) in [5.41, 5.74) is 1.30. The Labute approximate surface area is 77.4 Å². The molecule has 1 fully saturated rings. The molecule has 0 spiro atoms. The molecular weight excluding hydrogens is 168 g/mol. The van der Waals surface area contributed by atoms with Gasteiger partial charge in [0.05, 0.1) is 19.1 Å². The highest BCUT2D eigenvalue weighted by Gasteiger charge is 2.40. The number of rotatable bonds is 1. The SMILES string of the molecule is CC1=CCC2C(C(=O)O)COCC12. The third kappa shape index (κ3) is 1.37. The first-order chi connectivity index (χ1) is 6.20. The molecule has 1 heterocycles. The molecule has 0 aromatic carbocycles. The fraction of sp³-hybridized carbons (Fsp3) is 0.700. The molecule has 0 aromatic rings. The van der Waals surface area contributed by atoms with Crippen LogP contribution in [0.1, 0.15) is 13.3 Å². The van der Waals surface area contributed by atoms with E-state index in [2.05, 4.69) is 13.0 Å². The molecule has 0 radical (unpaired) electrons. The first-order valence-corrected chi connectivity index (χ1v) is 4.67. The number of carboxylic acid groups (broad SMARTS) is 1. The second kappa shape index (κ2) is 3.14. The summed E-state index contributed by atoms with van der Waals surface area (Å²) in [5.74, 6) is -0.369. The van der Waals surface area contributed by atoms with Crippen molar-refractivity contribution in [3.8, 4) is 0 Å². The van der Waals surface area contributed by atoms with Gasteiger partial charge >= 0.3 is 5.97 Å². The second-order valence-corrected chi connectivity index (χ2v) is 3.94. The predicted octanol–water partition coefficient (Wildman–Crippen LogP) is 1.30. The van der Waals surface area contributed by atoms with Gasteiger partial charge in [0.15, 0.2) is 0 Å². The summed E-state index contributed by atoms with van der Waals surface area (Å²) in [7, 11) is 0. The van der Waals surface area contributed by atoms with Crippen LogP contribution in [0.4, 0.5) is 0 Å². The molecule has 1 aliphatic carbocycles. The normalized spacial score (nSPS) is 38.2. The van der Waals surface area contributed by atoms with Crippen LogP contribution in [0.5, 0.6) is 0 Å². The van der Waals surface area contributed by atoms with E-state index in [1.165, 1.54) is 5.57 Å². The van der Waals surface area contributed by atoms with E-state index >= 15 is 0 Å². The molecule has 1 N–H and O–H groups in total. The minimum absolute atomic E-state index is 0.284. The molecule has 3 nitrogen and oxygen atoms in total. The van der Waals surface area contributed by atoms with Crippen LogP contribution >= 0.6 is 0 Å². The van der Waals surface area contributed by atoms with Crippen molar-refractivity contribution in [1.82, 2.24) is 0 Å². The first-order valence-electron chi connectivity index (χ1n) is 4.67. The number of fused-ring (bicyclic) bond motifs is 1. The van der Waals surface area contributed by atoms with E-state index in [4.69, 9.17) is 9.84 Å². The van der Waals surface area contributed by atoms with Gasteiger partial charge in [-0.05, 0) is 19.3 Å². The van der Waals surface area contributed by atoms with E-state index in [1.807, 2.05) is 0 Å². The number of hydrogen-bond acceptors (Lipinski definition) is 2. The average molecular weight is 182 g/mol. The number of aliphatic carboxylic acids is 1. The summed E-state index contributed by atoms with van der Waals surface area (Å²) < 4.78 is 5.31. The predicted molar refractivity (Wildman–Crippen MR) is 47.3 cm³/mol. The third-order valence-electron chi connectivity index (χ3n) is 3.24. The number of carboxylic acids is 1. The van der Waals surface area contributed by atoms with Crippen LogP contribution in [0.25, 0.3) is 0 Å². The Morgan fingerprint density at radius 3 is 3.08 bits per heavy atom. The van der Waals surface area contributed by atoms with Gasteiger partial charge in [-0.1, -0.05) is 11.6 Å². The molecule has 0 amide bonds. The number of ether oxygens (including phenoxy) is 1. The summed E-state index contributed by atoms with van der Waals surface area (Å²) in [6, 6.07) is 0. The van der Waals surface area contributed by atoms with E-state index in [0.29, 0.717) is 19.1 Å². The summed E-state index contributed by atoms with van der Waals surface area (Å²) >= 11 is 0. The maximum absolute atomic E-state index is 10.9. The van der Waals surface area contributed by atoms with Gasteiger partial charge in [0, 0.05) is 5.92 Å². The topological polar surface area (TPSA) is 46.5 Å². The quantitative estimate of drug-likeness (QED) is 0.622. The Bertz CT molecular complexity index is 257. The zero-order valence-corrected chi connectivity index (χ0v) is 7.69. The zero-order chi connectivity index (χ0) is 9.42. The van der Waals surface area contributed by atoms with Gasteiger partial charge in [0.1, 0.15) is 0 Å². The Morgan fingerprint density at radius 1 is 1.62 bits per heavy atom. The van der Waals surface area contributed by atoms with Gasteiger partial charge in [-0.25, -0.2) is 0 Å². The molecule has 3 heteroatoms. The van der Waals surface area contributed by atoms with Crippen molar-refractivity contribution in [2.45, 2.75) is 13.3 Å². The van der Waals surface area contributed by atoms with Gasteiger partial charge in [-0.3, -0.25) is 4.79 Å². The van der Waals surface area contributed by atoms with Crippen LogP contribution in [0.2, 0.25) is 0 Å². The molecule has 0 aromatic heterocycles. The van der Waals surface area contributed by atoms with Crippen LogP contribution in [-0.2, 0) is 9.53 Å². The fourth-order valence-electron chi connectivity index (χ4n) is 2.38. The molecule has 0 saturated carbocycles. The Morgan fingerprint density at radius 2 is 2.38 bits per heavy atom. The van der Waals surface area contributed by atoms with Crippen LogP contribution in [0, 0.1) is 17.8 Å². The van der Waals surface area contributed by atoms with Crippen molar-refractivity contribution < 1.29 is 14.6 Å². The van der Waals surface area contributed by atoms with E-state index < -0.39 is 5.97 Å². The molecule has 13 heavy (non-hydrogen) atoms. The smallest absolute Gasteiger partial charge is 0.309 e. The van der Waals surface area contributed by atoms with E-state index in [1.54, 1.807) is 0 Å². The van der Waals surface area contributed by atoms with Gasteiger partial charge in [-0.15, -0.1) is 0 Å². The van der Waals surface area contributed by atoms with Crippen molar-refractivity contribution in [2.75, 3.05) is 13.2 Å². The maximum atomic E-state index is 10.9. The highest BCUT2D eigenvalue weighted by molar-refractivity contribution is 5.71. The molecule has 3 atom stereocenters. The fourth-order valence-corrected chi connectivity index (χ4v) is 2.38. The second-order valence-electron chi connectivity index (χ2n) is 3.94. The van der Waals surface area contributed by atoms with Gasteiger partial charge in [0.25, 0.3) is 0 Å². The molecule has 0 bridgehead atoms. The zero-order valence-electron chi connectivity index (χ0n) is 7.69. The van der Waals surface area contributed by atoms with E-state index in [-0.39, 0.29) is 11.8 Å². The lowest BCUT2D eigenvalue weighted by Crippen LogP contribution is -2.38. The van der Waals surface area contributed by atoms with Crippen LogP contribution < -0.4 is 0 Å². The number of carbonyl (C=O) groups is 1. The minimum Gasteiger partial charge on any atom is -0.481 e. The Kier molecular flexibility index (Phi) is 2.12. The van der Waals surface area contributed by atoms with Crippen LogP contribution in [-0.4, -0.2) is 24.3 Å². The first kappa shape index (κ1) is 8.75. The minimum atomic E-state index is -0.710. The van der Waals surface area contributed by atoms with Crippen molar-refractivity contribution in [1.29, 1.82) is 0 Å². The summed E-state index contributed by atoms with van der Waals surface area (Å²) in [4.78, 5) is 10.9. The van der Waals surface area contributed by atoms with Gasteiger partial charge < -0.3 is 9.84 Å². The Balaban J connectivity index is 2.14. The van der Waals surface area contributed by atoms with E-state index in [9.17, 15) is 4.79 Å². The summed E-state index contributed by atoms with van der Waals surface area (Å²) in [6.07, 6.45) is 3.07. The summed E-state index contributed by atoms with van der Waals surface area (Å²) in [5, 5.41) is 8.97.